The van der Waals surface area contributed by atoms with Gasteiger partial charge >= 0.3 is 0 Å². The predicted molar refractivity (Wildman–Crippen MR) is 100 cm³/mol. The van der Waals surface area contributed by atoms with Crippen LogP contribution >= 0.6 is 11.6 Å². The summed E-state index contributed by atoms with van der Waals surface area (Å²) in [6.45, 7) is 9.12. The fraction of sp³-hybridized carbons (Fsp3) is 0.300. The first-order valence-electron chi connectivity index (χ1n) is 7.98. The molecule has 2 nitrogen and oxygen atoms in total. The van der Waals surface area contributed by atoms with Crippen LogP contribution in [0.3, 0.4) is 0 Å². The molecule has 0 spiro atoms. The normalized spacial score (nSPS) is 14.6. The van der Waals surface area contributed by atoms with Gasteiger partial charge in [0.2, 0.25) is 0 Å². The maximum Gasteiger partial charge on any atom is 0.161 e. The van der Waals surface area contributed by atoms with Crippen molar-refractivity contribution in [2.75, 3.05) is 0 Å². The van der Waals surface area contributed by atoms with Crippen LogP contribution in [0.25, 0.3) is 0 Å². The van der Waals surface area contributed by atoms with Gasteiger partial charge in [0.05, 0.1) is 16.3 Å². The van der Waals surface area contributed by atoms with Crippen LogP contribution in [-0.4, -0.2) is 11.5 Å². The van der Waals surface area contributed by atoms with Crippen molar-refractivity contribution in [3.8, 4) is 0 Å². The van der Waals surface area contributed by atoms with Crippen molar-refractivity contribution in [1.29, 1.82) is 0 Å². The van der Waals surface area contributed by atoms with Gasteiger partial charge in [-0.25, -0.2) is 4.39 Å². The summed E-state index contributed by atoms with van der Waals surface area (Å²) in [4.78, 5) is 16.3. The minimum absolute atomic E-state index is 0.0609. The Kier molecular flexibility index (Phi) is 7.80. The molecule has 0 saturated heterocycles. The Morgan fingerprint density at radius 2 is 1.92 bits per heavy atom. The number of hydrogen-bond donors (Lipinski definition) is 0. The van der Waals surface area contributed by atoms with Crippen molar-refractivity contribution in [3.05, 3.63) is 69.7 Å². The van der Waals surface area contributed by atoms with E-state index in [0.717, 1.165) is 5.57 Å². The molecule has 128 valence electrons. The summed E-state index contributed by atoms with van der Waals surface area (Å²) in [5.41, 5.74) is 2.88. The number of ketones is 1. The van der Waals surface area contributed by atoms with Crippen LogP contribution in [0.1, 0.15) is 46.6 Å². The zero-order chi connectivity index (χ0) is 18.3. The standard InChI is InChI=1S/C18H17ClFNO.C2H6/c1-11-6-4-9-17(14(10-11)13(3)22)21-12(2)18-15(19)7-5-8-16(18)20;1-2/h4-8,10H,9H2,1-3H3;1-2H3. The van der Waals surface area contributed by atoms with E-state index in [1.54, 1.807) is 25.1 Å². The number of halogens is 2. The van der Waals surface area contributed by atoms with E-state index in [0.29, 0.717) is 28.4 Å². The summed E-state index contributed by atoms with van der Waals surface area (Å²) in [5.74, 6) is -0.483. The molecule has 1 aromatic carbocycles. The molecule has 0 N–H and O–H groups in total. The van der Waals surface area contributed by atoms with E-state index in [2.05, 4.69) is 4.99 Å². The highest BCUT2D eigenvalue weighted by molar-refractivity contribution is 6.34. The van der Waals surface area contributed by atoms with Crippen molar-refractivity contribution in [1.82, 2.24) is 0 Å². The van der Waals surface area contributed by atoms with Crippen molar-refractivity contribution < 1.29 is 9.18 Å². The van der Waals surface area contributed by atoms with Crippen LogP contribution in [0, 0.1) is 5.82 Å². The molecule has 0 bridgehead atoms. The maximum absolute atomic E-state index is 14.0. The van der Waals surface area contributed by atoms with E-state index >= 15 is 0 Å². The number of benzene rings is 1. The number of carbonyl (C=O) groups excluding carboxylic acids is 1. The molecule has 0 amide bonds. The largest absolute Gasteiger partial charge is 0.294 e. The van der Waals surface area contributed by atoms with Gasteiger partial charge in [-0.2, -0.15) is 0 Å². The smallest absolute Gasteiger partial charge is 0.161 e. The predicted octanol–water partition coefficient (Wildman–Crippen LogP) is 6.06. The molecule has 1 aliphatic rings. The second kappa shape index (κ2) is 9.33. The Morgan fingerprint density at radius 3 is 2.50 bits per heavy atom. The highest BCUT2D eigenvalue weighted by atomic mass is 35.5. The Morgan fingerprint density at radius 1 is 1.25 bits per heavy atom. The molecule has 0 radical (unpaired) electrons. The minimum Gasteiger partial charge on any atom is -0.294 e. The van der Waals surface area contributed by atoms with E-state index in [1.165, 1.54) is 13.0 Å². The van der Waals surface area contributed by atoms with Gasteiger partial charge in [0, 0.05) is 17.7 Å². The lowest BCUT2D eigenvalue weighted by atomic mass is 10.1. The van der Waals surface area contributed by atoms with Gasteiger partial charge in [-0.1, -0.05) is 49.2 Å². The van der Waals surface area contributed by atoms with Gasteiger partial charge in [-0.15, -0.1) is 0 Å². The third-order valence-electron chi connectivity index (χ3n) is 3.38. The van der Waals surface area contributed by atoms with E-state index in [9.17, 15) is 9.18 Å². The molecule has 0 fully saturated rings. The highest BCUT2D eigenvalue weighted by Crippen LogP contribution is 2.24. The molecular formula is C20H23ClFNO. The molecule has 4 heteroatoms. The lowest BCUT2D eigenvalue weighted by Gasteiger charge is -2.08. The molecule has 0 saturated carbocycles. The van der Waals surface area contributed by atoms with E-state index in [1.807, 2.05) is 32.9 Å². The van der Waals surface area contributed by atoms with Gasteiger partial charge in [-0.3, -0.25) is 9.79 Å². The van der Waals surface area contributed by atoms with Gasteiger partial charge in [0.15, 0.2) is 5.78 Å². The minimum atomic E-state index is -0.422. The van der Waals surface area contributed by atoms with E-state index in [-0.39, 0.29) is 11.3 Å². The van der Waals surface area contributed by atoms with Crippen LogP contribution in [0.5, 0.6) is 0 Å². The van der Waals surface area contributed by atoms with Crippen molar-refractivity contribution >= 4 is 23.1 Å². The number of nitrogens with zero attached hydrogens (tertiary/aromatic N) is 1. The monoisotopic (exact) mass is 347 g/mol. The zero-order valence-corrected chi connectivity index (χ0v) is 15.5. The molecule has 0 aliphatic heterocycles. The van der Waals surface area contributed by atoms with Gasteiger partial charge in [0.1, 0.15) is 5.82 Å². The summed E-state index contributed by atoms with van der Waals surface area (Å²) in [5, 5.41) is 0.308. The van der Waals surface area contributed by atoms with Gasteiger partial charge in [-0.05, 0) is 39.0 Å². The van der Waals surface area contributed by atoms with Crippen LogP contribution < -0.4 is 0 Å². The van der Waals surface area contributed by atoms with Crippen molar-refractivity contribution in [2.24, 2.45) is 4.99 Å². The molecule has 0 heterocycles. The third-order valence-corrected chi connectivity index (χ3v) is 3.70. The Balaban J connectivity index is 0.00000139. The first-order chi connectivity index (χ1) is 11.4. The maximum atomic E-state index is 14.0. The van der Waals surface area contributed by atoms with Crippen molar-refractivity contribution in [2.45, 2.75) is 41.0 Å². The van der Waals surface area contributed by atoms with E-state index in [4.69, 9.17) is 11.6 Å². The molecule has 24 heavy (non-hydrogen) atoms. The molecule has 2 rings (SSSR count). The fourth-order valence-electron chi connectivity index (χ4n) is 2.34. The number of rotatable bonds is 3. The Bertz CT molecular complexity index is 722. The number of allylic oxidation sites excluding steroid dienone is 5. The second-order valence-corrected chi connectivity index (χ2v) is 5.61. The fourth-order valence-corrected chi connectivity index (χ4v) is 2.64. The van der Waals surface area contributed by atoms with Crippen LogP contribution in [0.4, 0.5) is 4.39 Å². The summed E-state index contributed by atoms with van der Waals surface area (Å²) in [7, 11) is 0. The molecule has 0 aromatic heterocycles. The molecule has 0 unspecified atom stereocenters. The second-order valence-electron chi connectivity index (χ2n) is 5.21. The highest BCUT2D eigenvalue weighted by Gasteiger charge is 2.14. The number of aliphatic imine (C=N–C) groups is 1. The Hall–Kier alpha value is -2.00. The average molecular weight is 348 g/mol. The number of Topliss-reactive ketones (excluding diaryl/α,β-unsaturated/α-hetero) is 1. The molecule has 0 atom stereocenters. The Labute approximate surface area is 148 Å². The average Bonchev–Trinajstić information content (AvgIpc) is 2.71. The van der Waals surface area contributed by atoms with Crippen LogP contribution in [-0.2, 0) is 4.79 Å². The first kappa shape index (κ1) is 20.0. The van der Waals surface area contributed by atoms with Crippen LogP contribution in [0.2, 0.25) is 5.02 Å². The lowest BCUT2D eigenvalue weighted by molar-refractivity contribution is -0.113. The molecule has 1 aromatic rings. The third kappa shape index (κ3) is 5.00. The van der Waals surface area contributed by atoms with Gasteiger partial charge in [0.25, 0.3) is 0 Å². The molecular weight excluding hydrogens is 325 g/mol. The van der Waals surface area contributed by atoms with Crippen LogP contribution in [0.15, 0.2) is 58.3 Å². The SMILES string of the molecule is CC.CC(=O)C1=C(N=C(C)c2c(F)cccc2Cl)CC=CC(C)=C1. The number of carbonyl (C=O) groups is 1. The summed E-state index contributed by atoms with van der Waals surface area (Å²) in [6, 6.07) is 4.52. The summed E-state index contributed by atoms with van der Waals surface area (Å²) in [6.07, 6.45) is 6.21. The first-order valence-corrected chi connectivity index (χ1v) is 8.36. The van der Waals surface area contributed by atoms with E-state index < -0.39 is 5.82 Å². The molecule has 1 aliphatic carbocycles. The quantitative estimate of drug-likeness (QED) is 0.611. The van der Waals surface area contributed by atoms with Crippen molar-refractivity contribution in [3.63, 3.8) is 0 Å². The number of hydrogen-bond acceptors (Lipinski definition) is 2. The topological polar surface area (TPSA) is 29.4 Å². The summed E-state index contributed by atoms with van der Waals surface area (Å²) >= 11 is 6.07. The summed E-state index contributed by atoms with van der Waals surface area (Å²) < 4.78 is 14.0. The zero-order valence-electron chi connectivity index (χ0n) is 14.8. The lowest BCUT2D eigenvalue weighted by Crippen LogP contribution is -2.04. The van der Waals surface area contributed by atoms with Gasteiger partial charge < -0.3 is 0 Å².